The standard InChI is InChI=1S/C12H18O3/c1-10-3-2-9-12(10,15-9)8-11(5-4-10)13-6-7-14-11/h9H,2-8H2,1H3/t9-,10-,12-/m1/s1. The van der Waals surface area contributed by atoms with Gasteiger partial charge in [-0.05, 0) is 24.7 Å². The minimum Gasteiger partial charge on any atom is -0.365 e. The molecule has 0 amide bonds. The third kappa shape index (κ3) is 0.931. The average Bonchev–Trinajstić information content (AvgIpc) is 2.61. The van der Waals surface area contributed by atoms with Gasteiger partial charge < -0.3 is 14.2 Å². The average molecular weight is 210 g/mol. The smallest absolute Gasteiger partial charge is 0.171 e. The van der Waals surface area contributed by atoms with Gasteiger partial charge in [0.2, 0.25) is 0 Å². The molecular formula is C12H18O3. The molecule has 84 valence electrons. The van der Waals surface area contributed by atoms with E-state index in [0.29, 0.717) is 11.5 Å². The molecule has 3 heteroatoms. The van der Waals surface area contributed by atoms with Crippen LogP contribution >= 0.6 is 0 Å². The normalized spacial score (nSPS) is 55.4. The molecule has 0 aromatic rings. The molecule has 0 N–H and O–H groups in total. The molecule has 4 aliphatic rings. The van der Waals surface area contributed by atoms with Gasteiger partial charge in [0.25, 0.3) is 0 Å². The van der Waals surface area contributed by atoms with Crippen molar-refractivity contribution in [3.63, 3.8) is 0 Å². The highest BCUT2D eigenvalue weighted by Crippen LogP contribution is 2.69. The van der Waals surface area contributed by atoms with Gasteiger partial charge in [-0.25, -0.2) is 0 Å². The van der Waals surface area contributed by atoms with Crippen molar-refractivity contribution in [1.29, 1.82) is 0 Å². The van der Waals surface area contributed by atoms with Gasteiger partial charge in [0, 0.05) is 12.8 Å². The zero-order chi connectivity index (χ0) is 10.1. The minimum absolute atomic E-state index is 0.121. The summed E-state index contributed by atoms with van der Waals surface area (Å²) in [5.41, 5.74) is 0.522. The molecule has 2 saturated heterocycles. The van der Waals surface area contributed by atoms with Gasteiger partial charge >= 0.3 is 0 Å². The fourth-order valence-corrected chi connectivity index (χ4v) is 4.11. The second-order valence-electron chi connectivity index (χ2n) is 5.88. The van der Waals surface area contributed by atoms with Crippen molar-refractivity contribution >= 4 is 0 Å². The van der Waals surface area contributed by atoms with Crippen molar-refractivity contribution in [2.24, 2.45) is 5.41 Å². The predicted molar refractivity (Wildman–Crippen MR) is 53.4 cm³/mol. The van der Waals surface area contributed by atoms with Crippen LogP contribution in [0.4, 0.5) is 0 Å². The number of hydrogen-bond donors (Lipinski definition) is 0. The minimum atomic E-state index is -0.279. The van der Waals surface area contributed by atoms with Crippen LogP contribution in [0, 0.1) is 5.41 Å². The molecule has 0 unspecified atom stereocenters. The summed E-state index contributed by atoms with van der Waals surface area (Å²) in [6.07, 6.45) is 6.30. The highest BCUT2D eigenvalue weighted by molar-refractivity contribution is 5.22. The molecule has 0 aromatic heterocycles. The molecule has 2 heterocycles. The summed E-state index contributed by atoms with van der Waals surface area (Å²) in [6.45, 7) is 3.91. The van der Waals surface area contributed by atoms with Gasteiger partial charge in [-0.2, -0.15) is 0 Å². The lowest BCUT2D eigenvalue weighted by Crippen LogP contribution is -2.49. The molecule has 4 fully saturated rings. The summed E-state index contributed by atoms with van der Waals surface area (Å²) in [4.78, 5) is 0. The van der Waals surface area contributed by atoms with E-state index in [1.807, 2.05) is 0 Å². The SMILES string of the molecule is C[C@]12CC[C@H]3O[C@]31CC1(CC2)OCCO1. The van der Waals surface area contributed by atoms with E-state index in [4.69, 9.17) is 14.2 Å². The number of epoxide rings is 1. The maximum atomic E-state index is 5.97. The van der Waals surface area contributed by atoms with Gasteiger partial charge in [-0.15, -0.1) is 0 Å². The molecule has 4 rings (SSSR count). The topological polar surface area (TPSA) is 31.0 Å². The Hall–Kier alpha value is -0.120. The Morgan fingerprint density at radius 2 is 1.87 bits per heavy atom. The Bertz CT molecular complexity index is 310. The Balaban J connectivity index is 1.68. The van der Waals surface area contributed by atoms with Crippen LogP contribution in [0.2, 0.25) is 0 Å². The summed E-state index contributed by atoms with van der Waals surface area (Å²) >= 11 is 0. The third-order valence-electron chi connectivity index (χ3n) is 5.20. The highest BCUT2D eigenvalue weighted by atomic mass is 16.7. The first-order valence-electron chi connectivity index (χ1n) is 6.14. The molecule has 2 spiro atoms. The highest BCUT2D eigenvalue weighted by Gasteiger charge is 2.75. The van der Waals surface area contributed by atoms with E-state index in [-0.39, 0.29) is 11.4 Å². The summed E-state index contributed by atoms with van der Waals surface area (Å²) < 4.78 is 17.6. The number of rotatable bonds is 0. The molecule has 2 saturated carbocycles. The third-order valence-corrected chi connectivity index (χ3v) is 5.20. The van der Waals surface area contributed by atoms with Gasteiger partial charge in [-0.1, -0.05) is 6.92 Å². The van der Waals surface area contributed by atoms with Crippen molar-refractivity contribution in [3.05, 3.63) is 0 Å². The van der Waals surface area contributed by atoms with Crippen LogP contribution in [-0.4, -0.2) is 30.7 Å². The van der Waals surface area contributed by atoms with Crippen molar-refractivity contribution in [2.75, 3.05) is 13.2 Å². The maximum Gasteiger partial charge on any atom is 0.171 e. The van der Waals surface area contributed by atoms with Gasteiger partial charge in [0.05, 0.1) is 19.3 Å². The van der Waals surface area contributed by atoms with Crippen LogP contribution in [-0.2, 0) is 14.2 Å². The molecule has 2 aliphatic heterocycles. The van der Waals surface area contributed by atoms with E-state index in [9.17, 15) is 0 Å². The number of hydrogen-bond acceptors (Lipinski definition) is 3. The van der Waals surface area contributed by atoms with Crippen LogP contribution in [0.1, 0.15) is 39.0 Å². The van der Waals surface area contributed by atoms with Crippen LogP contribution in [0.15, 0.2) is 0 Å². The molecule has 0 bridgehead atoms. The Labute approximate surface area is 90.1 Å². The second kappa shape index (κ2) is 2.41. The van der Waals surface area contributed by atoms with E-state index < -0.39 is 0 Å². The van der Waals surface area contributed by atoms with E-state index in [2.05, 4.69) is 6.92 Å². The Morgan fingerprint density at radius 3 is 2.60 bits per heavy atom. The second-order valence-corrected chi connectivity index (χ2v) is 5.88. The Kier molecular flexibility index (Phi) is 1.44. The summed E-state index contributed by atoms with van der Waals surface area (Å²) in [6, 6.07) is 0. The van der Waals surface area contributed by atoms with Crippen molar-refractivity contribution < 1.29 is 14.2 Å². The molecule has 3 nitrogen and oxygen atoms in total. The van der Waals surface area contributed by atoms with Crippen molar-refractivity contribution in [3.8, 4) is 0 Å². The Morgan fingerprint density at radius 1 is 1.07 bits per heavy atom. The number of ether oxygens (including phenoxy) is 3. The summed E-state index contributed by atoms with van der Waals surface area (Å²) in [5, 5.41) is 0. The monoisotopic (exact) mass is 210 g/mol. The van der Waals surface area contributed by atoms with Crippen LogP contribution in [0.3, 0.4) is 0 Å². The fraction of sp³-hybridized carbons (Fsp3) is 1.00. The zero-order valence-electron chi connectivity index (χ0n) is 9.25. The first-order valence-corrected chi connectivity index (χ1v) is 6.14. The lowest BCUT2D eigenvalue weighted by atomic mass is 9.66. The predicted octanol–water partition coefficient (Wildman–Crippen LogP) is 1.85. The summed E-state index contributed by atoms with van der Waals surface area (Å²) in [7, 11) is 0. The molecular weight excluding hydrogens is 192 g/mol. The van der Waals surface area contributed by atoms with Gasteiger partial charge in [-0.3, -0.25) is 0 Å². The van der Waals surface area contributed by atoms with Crippen LogP contribution < -0.4 is 0 Å². The largest absolute Gasteiger partial charge is 0.365 e. The van der Waals surface area contributed by atoms with Crippen LogP contribution in [0.5, 0.6) is 0 Å². The summed E-state index contributed by atoms with van der Waals surface area (Å²) in [5.74, 6) is -0.279. The zero-order valence-corrected chi connectivity index (χ0v) is 9.25. The molecule has 2 aliphatic carbocycles. The quantitative estimate of drug-likeness (QED) is 0.572. The molecule has 0 aromatic carbocycles. The lowest BCUT2D eigenvalue weighted by molar-refractivity contribution is -0.208. The van der Waals surface area contributed by atoms with Crippen LogP contribution in [0.25, 0.3) is 0 Å². The molecule has 3 atom stereocenters. The lowest BCUT2D eigenvalue weighted by Gasteiger charge is -2.44. The molecule has 15 heavy (non-hydrogen) atoms. The maximum absolute atomic E-state index is 5.97. The van der Waals surface area contributed by atoms with Crippen molar-refractivity contribution in [1.82, 2.24) is 0 Å². The van der Waals surface area contributed by atoms with E-state index in [1.165, 1.54) is 19.3 Å². The van der Waals surface area contributed by atoms with Gasteiger partial charge in [0.1, 0.15) is 5.60 Å². The molecule has 0 radical (unpaired) electrons. The first kappa shape index (κ1) is 8.97. The fourth-order valence-electron chi connectivity index (χ4n) is 4.11. The van der Waals surface area contributed by atoms with Gasteiger partial charge in [0.15, 0.2) is 5.79 Å². The van der Waals surface area contributed by atoms with E-state index in [1.54, 1.807) is 0 Å². The van der Waals surface area contributed by atoms with E-state index in [0.717, 1.165) is 26.1 Å². The first-order chi connectivity index (χ1) is 7.18. The van der Waals surface area contributed by atoms with E-state index >= 15 is 0 Å². The van der Waals surface area contributed by atoms with Crippen molar-refractivity contribution in [2.45, 2.75) is 56.5 Å².